The second kappa shape index (κ2) is 10.5. The summed E-state index contributed by atoms with van der Waals surface area (Å²) >= 11 is 1.30. The minimum atomic E-state index is -1.07. The Bertz CT molecular complexity index is 1110. The Labute approximate surface area is 196 Å². The number of carbonyl (C=O) groups is 1. The van der Waals surface area contributed by atoms with Gasteiger partial charge in [-0.15, -0.1) is 0 Å². The highest BCUT2D eigenvalue weighted by atomic mass is 32.1. The smallest absolute Gasteiger partial charge is 0.244 e. The Morgan fingerprint density at radius 1 is 1.00 bits per heavy atom. The standard InChI is InChI=1S/C23H27N3O6S/c1-12(27)20(24)23(28)25-16-8-13(6-7-17(16)29-2)15-11-33-26-21(15)14-9-18(30-3)22(32-5)19(10-14)31-4/h6-12,20,27H,24H2,1-5H3,(H,25,28)/t12?,20-/m1/s1. The number of nitrogens with zero attached hydrogens (tertiary/aromatic N) is 1. The van der Waals surface area contributed by atoms with Gasteiger partial charge >= 0.3 is 0 Å². The molecule has 0 saturated heterocycles. The highest BCUT2D eigenvalue weighted by molar-refractivity contribution is 7.04. The molecule has 2 atom stereocenters. The van der Waals surface area contributed by atoms with Crippen molar-refractivity contribution in [1.29, 1.82) is 0 Å². The number of anilines is 1. The van der Waals surface area contributed by atoms with Crippen LogP contribution in [0.5, 0.6) is 23.0 Å². The summed E-state index contributed by atoms with van der Waals surface area (Å²) in [6, 6.07) is 7.97. The fourth-order valence-corrected chi connectivity index (χ4v) is 3.99. The van der Waals surface area contributed by atoms with Gasteiger partial charge in [-0.1, -0.05) is 6.07 Å². The number of aliphatic hydroxyl groups is 1. The van der Waals surface area contributed by atoms with Gasteiger partial charge in [0.05, 0.1) is 45.9 Å². The third-order valence-electron chi connectivity index (χ3n) is 5.10. The van der Waals surface area contributed by atoms with Gasteiger partial charge in [-0.3, -0.25) is 4.79 Å². The van der Waals surface area contributed by atoms with Crippen LogP contribution in [-0.4, -0.2) is 56.0 Å². The monoisotopic (exact) mass is 473 g/mol. The number of ether oxygens (including phenoxy) is 4. The first-order valence-corrected chi connectivity index (χ1v) is 10.9. The predicted octanol–water partition coefficient (Wildman–Crippen LogP) is 3.16. The van der Waals surface area contributed by atoms with Crippen LogP contribution >= 0.6 is 11.5 Å². The van der Waals surface area contributed by atoms with Crippen LogP contribution in [0, 0.1) is 0 Å². The molecule has 0 bridgehead atoms. The minimum Gasteiger partial charge on any atom is -0.495 e. The third-order valence-corrected chi connectivity index (χ3v) is 5.73. The van der Waals surface area contributed by atoms with Crippen molar-refractivity contribution in [2.75, 3.05) is 33.8 Å². The summed E-state index contributed by atoms with van der Waals surface area (Å²) in [5, 5.41) is 14.3. The van der Waals surface area contributed by atoms with Crippen LogP contribution in [0.4, 0.5) is 5.69 Å². The Hall–Kier alpha value is -3.34. The van der Waals surface area contributed by atoms with Crippen LogP contribution in [0.1, 0.15) is 6.92 Å². The number of carbonyl (C=O) groups excluding carboxylic acids is 1. The first kappa shape index (κ1) is 24.3. The average molecular weight is 474 g/mol. The Morgan fingerprint density at radius 2 is 1.64 bits per heavy atom. The van der Waals surface area contributed by atoms with Gasteiger partial charge in [-0.05, 0) is 48.3 Å². The number of hydrogen-bond acceptors (Lipinski definition) is 9. The van der Waals surface area contributed by atoms with E-state index < -0.39 is 18.1 Å². The number of benzene rings is 2. The lowest BCUT2D eigenvalue weighted by atomic mass is 10.0. The molecule has 33 heavy (non-hydrogen) atoms. The van der Waals surface area contributed by atoms with E-state index in [9.17, 15) is 9.90 Å². The average Bonchev–Trinajstić information content (AvgIpc) is 3.32. The summed E-state index contributed by atoms with van der Waals surface area (Å²) in [4.78, 5) is 12.4. The number of aromatic nitrogens is 1. The van der Waals surface area contributed by atoms with Crippen molar-refractivity contribution >= 4 is 23.1 Å². The van der Waals surface area contributed by atoms with Crippen LogP contribution in [-0.2, 0) is 4.79 Å². The largest absolute Gasteiger partial charge is 0.495 e. The van der Waals surface area contributed by atoms with Crippen molar-refractivity contribution in [2.45, 2.75) is 19.1 Å². The van der Waals surface area contributed by atoms with Crippen molar-refractivity contribution in [3.8, 4) is 45.4 Å². The molecule has 0 saturated carbocycles. The lowest BCUT2D eigenvalue weighted by Crippen LogP contribution is -2.43. The van der Waals surface area contributed by atoms with Crippen LogP contribution in [0.25, 0.3) is 22.4 Å². The fraction of sp³-hybridized carbons (Fsp3) is 0.304. The van der Waals surface area contributed by atoms with Crippen LogP contribution < -0.4 is 30.0 Å². The second-order valence-corrected chi connectivity index (χ2v) is 7.79. The molecule has 1 amide bonds. The van der Waals surface area contributed by atoms with Gasteiger partial charge < -0.3 is 35.1 Å². The highest BCUT2D eigenvalue weighted by Crippen LogP contribution is 2.44. The van der Waals surface area contributed by atoms with Gasteiger partial charge in [-0.25, -0.2) is 0 Å². The van der Waals surface area contributed by atoms with Gasteiger partial charge in [0.15, 0.2) is 11.5 Å². The van der Waals surface area contributed by atoms with Gasteiger partial charge in [-0.2, -0.15) is 4.37 Å². The molecule has 0 spiro atoms. The molecule has 0 fully saturated rings. The maximum atomic E-state index is 12.4. The summed E-state index contributed by atoms with van der Waals surface area (Å²) in [6.07, 6.45) is -0.994. The van der Waals surface area contributed by atoms with Crippen LogP contribution in [0.15, 0.2) is 35.7 Å². The Balaban J connectivity index is 2.06. The number of rotatable bonds is 9. The molecule has 1 aromatic heterocycles. The zero-order chi connectivity index (χ0) is 24.1. The molecule has 3 aromatic rings. The second-order valence-electron chi connectivity index (χ2n) is 7.16. The van der Waals surface area contributed by atoms with E-state index in [4.69, 9.17) is 24.7 Å². The van der Waals surface area contributed by atoms with E-state index in [0.717, 1.165) is 16.7 Å². The molecule has 9 nitrogen and oxygen atoms in total. The van der Waals surface area contributed by atoms with Crippen LogP contribution in [0.3, 0.4) is 0 Å². The van der Waals surface area contributed by atoms with E-state index in [0.29, 0.717) is 34.4 Å². The van der Waals surface area contributed by atoms with Crippen molar-refractivity contribution < 1.29 is 28.8 Å². The molecule has 1 heterocycles. The van der Waals surface area contributed by atoms with Crippen molar-refractivity contribution in [3.63, 3.8) is 0 Å². The van der Waals surface area contributed by atoms with Gasteiger partial charge in [0, 0.05) is 16.5 Å². The number of amides is 1. The Morgan fingerprint density at radius 3 is 2.18 bits per heavy atom. The summed E-state index contributed by atoms with van der Waals surface area (Å²) in [5.74, 6) is 1.46. The number of aliphatic hydroxyl groups excluding tert-OH is 1. The predicted molar refractivity (Wildman–Crippen MR) is 127 cm³/mol. The van der Waals surface area contributed by atoms with Crippen molar-refractivity contribution in [1.82, 2.24) is 4.37 Å². The zero-order valence-corrected chi connectivity index (χ0v) is 19.9. The number of hydrogen-bond donors (Lipinski definition) is 3. The van der Waals surface area contributed by atoms with E-state index in [1.54, 1.807) is 33.5 Å². The lowest BCUT2D eigenvalue weighted by Gasteiger charge is -2.17. The molecule has 176 valence electrons. The van der Waals surface area contributed by atoms with Gasteiger partial charge in [0.25, 0.3) is 0 Å². The molecule has 3 rings (SSSR count). The third kappa shape index (κ3) is 5.03. The maximum absolute atomic E-state index is 12.4. The van der Waals surface area contributed by atoms with E-state index >= 15 is 0 Å². The summed E-state index contributed by atoms with van der Waals surface area (Å²) < 4.78 is 26.3. The number of methoxy groups -OCH3 is 4. The zero-order valence-electron chi connectivity index (χ0n) is 19.0. The molecule has 10 heteroatoms. The minimum absolute atomic E-state index is 0.429. The SMILES string of the molecule is COc1ccc(-c2csnc2-c2cc(OC)c(OC)c(OC)c2)cc1NC(=O)[C@H](N)C(C)O. The van der Waals surface area contributed by atoms with Crippen molar-refractivity contribution in [3.05, 3.63) is 35.7 Å². The molecular weight excluding hydrogens is 446 g/mol. The molecule has 1 unspecified atom stereocenters. The summed E-state index contributed by atoms with van der Waals surface area (Å²) in [7, 11) is 6.16. The molecule has 0 radical (unpaired) electrons. The highest BCUT2D eigenvalue weighted by Gasteiger charge is 2.22. The summed E-state index contributed by atoms with van der Waals surface area (Å²) in [5.41, 5.74) is 9.32. The first-order chi connectivity index (χ1) is 15.8. The molecule has 0 aliphatic carbocycles. The fourth-order valence-electron chi connectivity index (χ4n) is 3.28. The van der Waals surface area contributed by atoms with E-state index in [-0.39, 0.29) is 0 Å². The lowest BCUT2D eigenvalue weighted by molar-refractivity contribution is -0.119. The number of nitrogens with one attached hydrogen (secondary N) is 1. The molecular formula is C23H27N3O6S. The van der Waals surface area contributed by atoms with Gasteiger partial charge in [0.2, 0.25) is 11.7 Å². The van der Waals surface area contributed by atoms with E-state index in [1.165, 1.54) is 25.6 Å². The van der Waals surface area contributed by atoms with Gasteiger partial charge in [0.1, 0.15) is 11.8 Å². The normalized spacial score (nSPS) is 12.6. The van der Waals surface area contributed by atoms with E-state index in [2.05, 4.69) is 9.69 Å². The summed E-state index contributed by atoms with van der Waals surface area (Å²) in [6.45, 7) is 1.46. The molecule has 4 N–H and O–H groups in total. The quantitative estimate of drug-likeness (QED) is 0.433. The Kier molecular flexibility index (Phi) is 7.75. The number of nitrogens with two attached hydrogens (primary N) is 1. The molecule has 0 aliphatic rings. The van der Waals surface area contributed by atoms with Crippen LogP contribution in [0.2, 0.25) is 0 Å². The maximum Gasteiger partial charge on any atom is 0.244 e. The van der Waals surface area contributed by atoms with Crippen molar-refractivity contribution in [2.24, 2.45) is 5.73 Å². The molecule has 2 aromatic carbocycles. The molecule has 0 aliphatic heterocycles. The topological polar surface area (TPSA) is 125 Å². The first-order valence-electron chi connectivity index (χ1n) is 10.0. The van der Waals surface area contributed by atoms with E-state index in [1.807, 2.05) is 23.6 Å².